The molecule has 0 bridgehead atoms. The number of likely N-dealkylation sites (N-methyl/N-ethyl adjacent to an activating group) is 1. The third-order valence-electron chi connectivity index (χ3n) is 2.60. The van der Waals surface area contributed by atoms with Gasteiger partial charge < -0.3 is 5.32 Å². The zero-order chi connectivity index (χ0) is 17.4. The number of thiazole rings is 1. The van der Waals surface area contributed by atoms with E-state index in [4.69, 9.17) is 0 Å². The van der Waals surface area contributed by atoms with Gasteiger partial charge in [0.05, 0.1) is 19.5 Å². The Morgan fingerprint density at radius 1 is 1.17 bits per heavy atom. The fraction of sp³-hybridized carbons (Fsp3) is 0.571. The highest BCUT2D eigenvalue weighted by atomic mass is 32.1. The van der Waals surface area contributed by atoms with Crippen LogP contribution in [0.15, 0.2) is 5.38 Å². The van der Waals surface area contributed by atoms with Gasteiger partial charge in [-0.05, 0) is 27.8 Å². The summed E-state index contributed by atoms with van der Waals surface area (Å²) >= 11 is 1.40. The molecule has 3 N–H and O–H groups in total. The van der Waals surface area contributed by atoms with Gasteiger partial charge in [0.1, 0.15) is 5.01 Å². The first-order chi connectivity index (χ1) is 10.8. The summed E-state index contributed by atoms with van der Waals surface area (Å²) in [6.07, 6.45) is 0.116. The van der Waals surface area contributed by atoms with Crippen molar-refractivity contribution in [1.29, 1.82) is 0 Å². The molecule has 0 aromatic carbocycles. The number of nitrogens with one attached hydrogen (secondary N) is 3. The zero-order valence-electron chi connectivity index (χ0n) is 13.8. The number of aromatic nitrogens is 1. The van der Waals surface area contributed by atoms with Crippen LogP contribution in [0, 0.1) is 6.92 Å². The predicted molar refractivity (Wildman–Crippen MR) is 87.6 cm³/mol. The standard InChI is InChI=1S/C14H23N5O3S/c1-9(2)15-12(21)6-19(4)7-13(22)18-17-11(20)5-14-16-10(3)8-23-14/h8-9H,5-7H2,1-4H3,(H,15,21)(H,17,20)(H,18,22). The average Bonchev–Trinajstić information content (AvgIpc) is 2.80. The first-order valence-electron chi connectivity index (χ1n) is 7.23. The van der Waals surface area contributed by atoms with Crippen molar-refractivity contribution < 1.29 is 14.4 Å². The Labute approximate surface area is 139 Å². The van der Waals surface area contributed by atoms with Crippen LogP contribution in [-0.4, -0.2) is 53.8 Å². The van der Waals surface area contributed by atoms with Crippen molar-refractivity contribution in [1.82, 2.24) is 26.1 Å². The summed E-state index contributed by atoms with van der Waals surface area (Å²) in [6.45, 7) is 5.69. The Morgan fingerprint density at radius 3 is 2.35 bits per heavy atom. The lowest BCUT2D eigenvalue weighted by Gasteiger charge is -2.17. The quantitative estimate of drug-likeness (QED) is 0.586. The van der Waals surface area contributed by atoms with Gasteiger partial charge in [-0.1, -0.05) is 0 Å². The van der Waals surface area contributed by atoms with Crippen LogP contribution in [0.5, 0.6) is 0 Å². The number of nitrogens with zero attached hydrogens (tertiary/aromatic N) is 2. The molecule has 0 radical (unpaired) electrons. The van der Waals surface area contributed by atoms with Gasteiger partial charge in [-0.25, -0.2) is 4.98 Å². The molecule has 0 saturated heterocycles. The molecule has 3 amide bonds. The normalized spacial score (nSPS) is 10.7. The highest BCUT2D eigenvalue weighted by molar-refractivity contribution is 7.09. The third kappa shape index (κ3) is 8.27. The molecule has 0 spiro atoms. The molecule has 0 aliphatic heterocycles. The minimum absolute atomic E-state index is 0.00214. The van der Waals surface area contributed by atoms with Crippen LogP contribution in [0.25, 0.3) is 0 Å². The third-order valence-corrected chi connectivity index (χ3v) is 3.56. The molecular weight excluding hydrogens is 318 g/mol. The summed E-state index contributed by atoms with van der Waals surface area (Å²) in [5.74, 6) is -0.889. The van der Waals surface area contributed by atoms with Crippen LogP contribution in [0.3, 0.4) is 0 Å². The summed E-state index contributed by atoms with van der Waals surface area (Å²) in [7, 11) is 1.65. The molecule has 9 heteroatoms. The van der Waals surface area contributed by atoms with Crippen LogP contribution >= 0.6 is 11.3 Å². The maximum Gasteiger partial charge on any atom is 0.252 e. The Bertz CT molecular complexity index is 558. The second-order valence-corrected chi connectivity index (χ2v) is 6.49. The van der Waals surface area contributed by atoms with Gasteiger partial charge in [-0.3, -0.25) is 30.1 Å². The lowest BCUT2D eigenvalue weighted by molar-refractivity contribution is -0.129. The Balaban J connectivity index is 2.25. The second-order valence-electron chi connectivity index (χ2n) is 5.55. The Kier molecular flexibility index (Phi) is 7.63. The predicted octanol–water partition coefficient (Wildman–Crippen LogP) is -0.402. The van der Waals surface area contributed by atoms with Crippen molar-refractivity contribution in [2.24, 2.45) is 0 Å². The maximum atomic E-state index is 11.7. The molecule has 0 aliphatic carbocycles. The molecule has 0 unspecified atom stereocenters. The Morgan fingerprint density at radius 2 is 1.78 bits per heavy atom. The number of hydrogen-bond acceptors (Lipinski definition) is 6. The molecular formula is C14H23N5O3S. The van der Waals surface area contributed by atoms with E-state index in [1.54, 1.807) is 11.9 Å². The molecule has 0 saturated carbocycles. The van der Waals surface area contributed by atoms with Gasteiger partial charge in [0, 0.05) is 17.1 Å². The van der Waals surface area contributed by atoms with Crippen molar-refractivity contribution >= 4 is 29.1 Å². The fourth-order valence-corrected chi connectivity index (χ4v) is 2.53. The highest BCUT2D eigenvalue weighted by Crippen LogP contribution is 2.08. The van der Waals surface area contributed by atoms with Gasteiger partial charge in [0.2, 0.25) is 11.8 Å². The van der Waals surface area contributed by atoms with E-state index in [0.717, 1.165) is 5.69 Å². The summed E-state index contributed by atoms with van der Waals surface area (Å²) in [5.41, 5.74) is 5.52. The number of aryl methyl sites for hydroxylation is 1. The smallest absolute Gasteiger partial charge is 0.252 e. The average molecular weight is 341 g/mol. The van der Waals surface area contributed by atoms with Gasteiger partial charge in [0.15, 0.2) is 0 Å². The first kappa shape index (κ1) is 19.0. The number of rotatable bonds is 7. The number of hydrogen-bond donors (Lipinski definition) is 3. The monoisotopic (exact) mass is 341 g/mol. The second kappa shape index (κ2) is 9.21. The highest BCUT2D eigenvalue weighted by Gasteiger charge is 2.12. The van der Waals surface area contributed by atoms with Gasteiger partial charge >= 0.3 is 0 Å². The van der Waals surface area contributed by atoms with Crippen LogP contribution in [0.4, 0.5) is 0 Å². The summed E-state index contributed by atoms with van der Waals surface area (Å²) < 4.78 is 0. The summed E-state index contributed by atoms with van der Waals surface area (Å²) in [5, 5.41) is 5.29. The maximum absolute atomic E-state index is 11.7. The van der Waals surface area contributed by atoms with Crippen molar-refractivity contribution in [3.05, 3.63) is 16.1 Å². The minimum atomic E-state index is -0.395. The van der Waals surface area contributed by atoms with E-state index in [1.807, 2.05) is 26.2 Å². The first-order valence-corrected chi connectivity index (χ1v) is 8.10. The molecule has 0 fully saturated rings. The topological polar surface area (TPSA) is 103 Å². The molecule has 1 aromatic heterocycles. The fourth-order valence-electron chi connectivity index (χ4n) is 1.76. The molecule has 128 valence electrons. The number of carbonyl (C=O) groups is 3. The molecule has 0 aliphatic rings. The number of amides is 3. The molecule has 1 heterocycles. The SMILES string of the molecule is Cc1csc(CC(=O)NNC(=O)CN(C)CC(=O)NC(C)C)n1. The molecule has 1 aromatic rings. The van der Waals surface area contributed by atoms with Crippen LogP contribution < -0.4 is 16.2 Å². The number of carbonyl (C=O) groups excluding carboxylic acids is 3. The molecule has 23 heavy (non-hydrogen) atoms. The van der Waals surface area contributed by atoms with E-state index < -0.39 is 5.91 Å². The van der Waals surface area contributed by atoms with Gasteiger partial charge in [0.25, 0.3) is 5.91 Å². The van der Waals surface area contributed by atoms with E-state index in [-0.39, 0.29) is 37.4 Å². The van der Waals surface area contributed by atoms with E-state index in [1.165, 1.54) is 11.3 Å². The van der Waals surface area contributed by atoms with Crippen LogP contribution in [0.1, 0.15) is 24.5 Å². The number of hydrazine groups is 1. The van der Waals surface area contributed by atoms with Crippen molar-refractivity contribution in [2.75, 3.05) is 20.1 Å². The van der Waals surface area contributed by atoms with Crippen LogP contribution in [0.2, 0.25) is 0 Å². The lowest BCUT2D eigenvalue weighted by Crippen LogP contribution is -2.48. The van der Waals surface area contributed by atoms with E-state index in [9.17, 15) is 14.4 Å². The van der Waals surface area contributed by atoms with E-state index in [0.29, 0.717) is 5.01 Å². The lowest BCUT2D eigenvalue weighted by atomic mass is 10.4. The van der Waals surface area contributed by atoms with E-state index >= 15 is 0 Å². The van der Waals surface area contributed by atoms with Crippen molar-refractivity contribution in [3.8, 4) is 0 Å². The molecule has 0 atom stereocenters. The van der Waals surface area contributed by atoms with Crippen LogP contribution in [-0.2, 0) is 20.8 Å². The van der Waals surface area contributed by atoms with E-state index in [2.05, 4.69) is 21.2 Å². The molecule has 1 rings (SSSR count). The minimum Gasteiger partial charge on any atom is -0.353 e. The van der Waals surface area contributed by atoms with Crippen molar-refractivity contribution in [3.63, 3.8) is 0 Å². The van der Waals surface area contributed by atoms with Gasteiger partial charge in [-0.2, -0.15) is 0 Å². The molecule has 8 nitrogen and oxygen atoms in total. The Hall–Kier alpha value is -2.00. The van der Waals surface area contributed by atoms with Crippen molar-refractivity contribution in [2.45, 2.75) is 33.2 Å². The summed E-state index contributed by atoms with van der Waals surface area (Å²) in [4.78, 5) is 40.7. The largest absolute Gasteiger partial charge is 0.353 e. The van der Waals surface area contributed by atoms with Gasteiger partial charge in [-0.15, -0.1) is 11.3 Å². The summed E-state index contributed by atoms with van der Waals surface area (Å²) in [6, 6.07) is 0.0542. The zero-order valence-corrected chi connectivity index (χ0v) is 14.6.